The van der Waals surface area contributed by atoms with Gasteiger partial charge in [0.2, 0.25) is 17.7 Å². The molecule has 6 atom stereocenters. The zero-order chi connectivity index (χ0) is 39.6. The van der Waals surface area contributed by atoms with Crippen LogP contribution in [0.25, 0.3) is 10.9 Å². The Bertz CT molecular complexity index is 1860. The number of nitrogens with zero attached hydrogens (tertiary/aromatic N) is 2. The summed E-state index contributed by atoms with van der Waals surface area (Å²) in [6, 6.07) is 17.6. The first kappa shape index (κ1) is 42.3. The fourth-order valence-electron chi connectivity index (χ4n) is 7.26. The van der Waals surface area contributed by atoms with Gasteiger partial charge < -0.3 is 26.8 Å². The Kier molecular flexibility index (Phi) is 14.7. The molecule has 54 heavy (non-hydrogen) atoms. The van der Waals surface area contributed by atoms with Crippen molar-refractivity contribution in [3.63, 3.8) is 0 Å². The van der Waals surface area contributed by atoms with Crippen molar-refractivity contribution in [1.29, 1.82) is 0 Å². The van der Waals surface area contributed by atoms with Crippen LogP contribution in [0.3, 0.4) is 0 Å². The van der Waals surface area contributed by atoms with Gasteiger partial charge in [0.25, 0.3) is 16.0 Å². The standard InChI is InChI=1S/C38H50N6O5.CH4O3S/c1-38(2,3)43-37(49)32-20-26-14-7-8-15-27(26)22-44(32)23-33(45)30(19-24-11-5-4-6-12-24)41-36(48)31(21-34(39)46)42-35(47)29-18-17-25-13-9-10-16-28(25)40-29;1-5(2,3)4/h4-6,9-13,16-18,26-27,30-33,45H,7-8,14-15,19-23H2,1-3H3,(H2,39,46)(H,41,48)(H,42,47)(H,43,49);1H3,(H,2,3,4)/t26-,27+,30?,31?,32-,33?;/m0./s1. The molecule has 0 radical (unpaired) electrons. The van der Waals surface area contributed by atoms with Crippen molar-refractivity contribution in [3.8, 4) is 0 Å². The molecule has 15 heteroatoms. The molecular formula is C39H54N6O8S. The Morgan fingerprint density at radius 1 is 0.944 bits per heavy atom. The number of fused-ring (bicyclic) bond motifs is 2. The fourth-order valence-corrected chi connectivity index (χ4v) is 7.26. The van der Waals surface area contributed by atoms with Crippen LogP contribution in [-0.4, -0.2) is 101 Å². The van der Waals surface area contributed by atoms with Crippen LogP contribution in [0.5, 0.6) is 0 Å². The number of carbonyl (C=O) groups excluding carboxylic acids is 4. The van der Waals surface area contributed by atoms with Crippen LogP contribution in [-0.2, 0) is 30.9 Å². The van der Waals surface area contributed by atoms with E-state index in [1.807, 2.05) is 69.3 Å². The third-order valence-corrected chi connectivity index (χ3v) is 9.67. The second-order valence-electron chi connectivity index (χ2n) is 15.4. The highest BCUT2D eigenvalue weighted by molar-refractivity contribution is 7.85. The molecule has 1 saturated heterocycles. The number of hydrogen-bond acceptors (Lipinski definition) is 9. The number of benzene rings is 2. The number of hydrogen-bond donors (Lipinski definition) is 6. The van der Waals surface area contributed by atoms with E-state index >= 15 is 0 Å². The molecule has 2 aliphatic rings. The molecule has 14 nitrogen and oxygen atoms in total. The summed E-state index contributed by atoms with van der Waals surface area (Å²) in [4.78, 5) is 59.3. The summed E-state index contributed by atoms with van der Waals surface area (Å²) in [5, 5.41) is 21.4. The zero-order valence-corrected chi connectivity index (χ0v) is 32.2. The smallest absolute Gasteiger partial charge is 0.270 e. The molecular weight excluding hydrogens is 713 g/mol. The van der Waals surface area contributed by atoms with E-state index in [4.69, 9.17) is 10.3 Å². The van der Waals surface area contributed by atoms with E-state index in [0.717, 1.165) is 36.6 Å². The highest BCUT2D eigenvalue weighted by Crippen LogP contribution is 2.39. The van der Waals surface area contributed by atoms with Gasteiger partial charge in [0.1, 0.15) is 11.7 Å². The first-order chi connectivity index (χ1) is 25.4. The monoisotopic (exact) mass is 766 g/mol. The van der Waals surface area contributed by atoms with E-state index in [1.54, 1.807) is 18.2 Å². The Balaban J connectivity index is 0.00000122. The summed E-state index contributed by atoms with van der Waals surface area (Å²) < 4.78 is 25.9. The minimum atomic E-state index is -3.67. The lowest BCUT2D eigenvalue weighted by Crippen LogP contribution is -2.61. The lowest BCUT2D eigenvalue weighted by atomic mass is 9.72. The number of likely N-dealkylation sites (tertiary alicyclic amines) is 1. The van der Waals surface area contributed by atoms with Crippen molar-refractivity contribution >= 4 is 44.6 Å². The number of aliphatic hydroxyl groups excluding tert-OH is 1. The second-order valence-corrected chi connectivity index (χ2v) is 16.9. The van der Waals surface area contributed by atoms with E-state index in [9.17, 15) is 32.7 Å². The molecule has 5 rings (SSSR count). The van der Waals surface area contributed by atoms with Gasteiger partial charge in [-0.3, -0.25) is 28.6 Å². The minimum Gasteiger partial charge on any atom is -0.390 e. The SMILES string of the molecule is CC(C)(C)NC(=O)[C@@H]1C[C@@H]2CCCC[C@@H]2CN1CC(O)C(Cc1ccccc1)NC(=O)C(CC(N)=O)NC(=O)c1ccc2ccccc2n1.CS(=O)(=O)O. The number of pyridine rings is 1. The molecule has 3 unspecified atom stereocenters. The molecule has 1 saturated carbocycles. The van der Waals surface area contributed by atoms with Crippen LogP contribution in [0.4, 0.5) is 0 Å². The van der Waals surface area contributed by atoms with Gasteiger partial charge in [0, 0.05) is 24.0 Å². The number of β-amino-alcohol motifs (C(OH)–C–C–N with tert-alkyl or cyclic N) is 1. The van der Waals surface area contributed by atoms with Crippen molar-refractivity contribution in [2.45, 2.75) is 95.5 Å². The van der Waals surface area contributed by atoms with Crippen molar-refractivity contribution < 1.29 is 37.3 Å². The van der Waals surface area contributed by atoms with Crippen LogP contribution >= 0.6 is 0 Å². The Morgan fingerprint density at radius 3 is 2.22 bits per heavy atom. The van der Waals surface area contributed by atoms with Crippen molar-refractivity contribution in [2.24, 2.45) is 17.6 Å². The highest BCUT2D eigenvalue weighted by atomic mass is 32.2. The number of nitrogens with one attached hydrogen (secondary N) is 3. The maximum absolute atomic E-state index is 13.8. The van der Waals surface area contributed by atoms with Crippen molar-refractivity contribution in [3.05, 3.63) is 78.0 Å². The predicted molar refractivity (Wildman–Crippen MR) is 206 cm³/mol. The summed E-state index contributed by atoms with van der Waals surface area (Å²) in [6.45, 7) is 6.73. The number of nitrogens with two attached hydrogens (primary N) is 1. The first-order valence-corrected chi connectivity index (χ1v) is 20.2. The molecule has 1 aliphatic carbocycles. The highest BCUT2D eigenvalue weighted by Gasteiger charge is 2.42. The molecule has 3 aromatic rings. The zero-order valence-electron chi connectivity index (χ0n) is 31.4. The number of amides is 4. The predicted octanol–water partition coefficient (Wildman–Crippen LogP) is 2.60. The topological polar surface area (TPSA) is 221 Å². The summed E-state index contributed by atoms with van der Waals surface area (Å²) in [6.07, 6.45) is 4.75. The fraction of sp³-hybridized carbons (Fsp3) is 0.513. The van der Waals surface area contributed by atoms with Crippen molar-refractivity contribution in [2.75, 3.05) is 19.3 Å². The Morgan fingerprint density at radius 2 is 1.57 bits per heavy atom. The molecule has 1 aliphatic heterocycles. The molecule has 4 amide bonds. The molecule has 0 spiro atoms. The van der Waals surface area contributed by atoms with Crippen LogP contribution < -0.4 is 21.7 Å². The third kappa shape index (κ3) is 13.4. The lowest BCUT2D eigenvalue weighted by Gasteiger charge is -2.47. The average molecular weight is 767 g/mol. The number of piperidine rings is 1. The van der Waals surface area contributed by atoms with Gasteiger partial charge in [0.05, 0.1) is 36.4 Å². The molecule has 0 bridgehead atoms. The van der Waals surface area contributed by atoms with Gasteiger partial charge in [-0.15, -0.1) is 0 Å². The summed E-state index contributed by atoms with van der Waals surface area (Å²) >= 11 is 0. The number of rotatable bonds is 12. The minimum absolute atomic E-state index is 0.0566. The third-order valence-electron chi connectivity index (χ3n) is 9.67. The van der Waals surface area contributed by atoms with Gasteiger partial charge >= 0.3 is 0 Å². The van der Waals surface area contributed by atoms with E-state index in [-0.39, 0.29) is 24.6 Å². The number of primary amides is 1. The maximum Gasteiger partial charge on any atom is 0.270 e. The number of aromatic nitrogens is 1. The quantitative estimate of drug-likeness (QED) is 0.148. The van der Waals surface area contributed by atoms with Gasteiger partial charge in [-0.25, -0.2) is 4.98 Å². The number of para-hydroxylation sites is 1. The number of carbonyl (C=O) groups is 4. The van der Waals surface area contributed by atoms with Gasteiger partial charge in [-0.1, -0.05) is 73.9 Å². The average Bonchev–Trinajstić information content (AvgIpc) is 3.09. The van der Waals surface area contributed by atoms with Crippen LogP contribution in [0.15, 0.2) is 66.7 Å². The van der Waals surface area contributed by atoms with Crippen LogP contribution in [0.2, 0.25) is 0 Å². The van der Waals surface area contributed by atoms with Crippen molar-refractivity contribution in [1.82, 2.24) is 25.8 Å². The largest absolute Gasteiger partial charge is 0.390 e. The van der Waals surface area contributed by atoms with E-state index in [2.05, 4.69) is 25.8 Å². The molecule has 1 aromatic heterocycles. The molecule has 2 heterocycles. The van der Waals surface area contributed by atoms with Crippen LogP contribution in [0, 0.1) is 11.8 Å². The first-order valence-electron chi connectivity index (χ1n) is 18.3. The van der Waals surface area contributed by atoms with Gasteiger partial charge in [-0.05, 0) is 69.6 Å². The maximum atomic E-state index is 13.8. The van der Waals surface area contributed by atoms with Gasteiger partial charge in [-0.2, -0.15) is 8.42 Å². The molecule has 2 aromatic carbocycles. The molecule has 7 N–H and O–H groups in total. The lowest BCUT2D eigenvalue weighted by molar-refractivity contribution is -0.133. The van der Waals surface area contributed by atoms with Crippen LogP contribution in [0.1, 0.15) is 75.3 Å². The van der Waals surface area contributed by atoms with Gasteiger partial charge in [0.15, 0.2) is 0 Å². The second kappa shape index (κ2) is 18.7. The Labute approximate surface area is 317 Å². The molecule has 2 fully saturated rings. The summed E-state index contributed by atoms with van der Waals surface area (Å²) in [7, 11) is -3.67. The van der Waals surface area contributed by atoms with E-state index in [0.29, 0.717) is 30.2 Å². The number of aliphatic hydroxyl groups is 1. The summed E-state index contributed by atoms with van der Waals surface area (Å²) in [5.74, 6) is -1.20. The summed E-state index contributed by atoms with van der Waals surface area (Å²) in [5.41, 5.74) is 6.70. The normalized spacial score (nSPS) is 20.6. The Hall–Kier alpha value is -4.44. The van der Waals surface area contributed by atoms with E-state index < -0.39 is 64.0 Å². The molecule has 294 valence electrons. The van der Waals surface area contributed by atoms with E-state index in [1.165, 1.54) is 6.42 Å².